The van der Waals surface area contributed by atoms with Crippen molar-refractivity contribution in [2.24, 2.45) is 0 Å². The zero-order valence-electron chi connectivity index (χ0n) is 20.0. The average Bonchev–Trinajstić information content (AvgIpc) is 3.23. The molecule has 3 aromatic rings. The van der Waals surface area contributed by atoms with E-state index in [1.807, 2.05) is 0 Å². The van der Waals surface area contributed by atoms with Crippen molar-refractivity contribution < 1.29 is 22.1 Å². The third kappa shape index (κ3) is 4.77. The number of hydrogen-bond donors (Lipinski definition) is 0. The molecule has 0 aliphatic rings. The number of fused-ring (bicyclic) bond motifs is 2. The summed E-state index contributed by atoms with van der Waals surface area (Å²) in [6, 6.07) is 3.75. The Morgan fingerprint density at radius 2 is 1.06 bits per heavy atom. The smallest absolute Gasteiger partial charge is 0.397 e. The van der Waals surface area contributed by atoms with Crippen LogP contribution in [0.3, 0.4) is 0 Å². The highest BCUT2D eigenvalue weighted by Crippen LogP contribution is 2.17. The number of nitrogens with zero attached hydrogens (tertiary/aromatic N) is 2. The third-order valence-corrected chi connectivity index (χ3v) is 10.6. The third-order valence-electron chi connectivity index (χ3n) is 6.08. The Balaban J connectivity index is 1.92. The van der Waals surface area contributed by atoms with E-state index in [0.29, 0.717) is 24.9 Å². The molecule has 0 bridgehead atoms. The average molecular weight is 510 g/mol. The molecule has 0 amide bonds. The molecule has 0 aliphatic heterocycles. The van der Waals surface area contributed by atoms with Crippen molar-refractivity contribution in [3.05, 3.63) is 53.5 Å². The van der Waals surface area contributed by atoms with Gasteiger partial charge in [0, 0.05) is 54.7 Å². The summed E-state index contributed by atoms with van der Waals surface area (Å²) in [5, 5.41) is 0.537. The maximum atomic E-state index is 12.9. The standard InChI is InChI=1S/C21H29N2O9Si2/c1-28-33(29-2)10-6-8-22-18(24)14-12-16-17(13-15(14)19(22)25)21(27)23(20(16)26)9-7-11-34(30-3,31-4)32-5/h12-13H,6-11H2,1-5H3. The van der Waals surface area contributed by atoms with Crippen LogP contribution in [-0.4, -0.2) is 62.8 Å². The molecule has 0 fully saturated rings. The summed E-state index contributed by atoms with van der Waals surface area (Å²) in [6.45, 7) is 0.342. The van der Waals surface area contributed by atoms with Gasteiger partial charge in [-0.05, 0) is 31.0 Å². The summed E-state index contributed by atoms with van der Waals surface area (Å²) in [6.07, 6.45) is 0.951. The van der Waals surface area contributed by atoms with Gasteiger partial charge in [-0.3, -0.25) is 28.3 Å². The Labute approximate surface area is 198 Å². The first-order valence-corrected chi connectivity index (χ1v) is 14.2. The molecule has 11 nitrogen and oxygen atoms in total. The van der Waals surface area contributed by atoms with Crippen molar-refractivity contribution in [1.82, 2.24) is 9.13 Å². The largest absolute Gasteiger partial charge is 0.500 e. The van der Waals surface area contributed by atoms with Crippen LogP contribution in [0.5, 0.6) is 0 Å². The topological polar surface area (TPSA) is 124 Å². The normalized spacial score (nSPS) is 12.5. The molecule has 0 saturated carbocycles. The minimum Gasteiger partial charge on any atom is -0.397 e. The maximum absolute atomic E-state index is 12.9. The molecular weight excluding hydrogens is 480 g/mol. The highest BCUT2D eigenvalue weighted by Gasteiger charge is 2.37. The van der Waals surface area contributed by atoms with E-state index in [1.165, 1.54) is 33.5 Å². The van der Waals surface area contributed by atoms with Crippen molar-refractivity contribution >= 4 is 39.6 Å². The summed E-state index contributed by atoms with van der Waals surface area (Å²) in [7, 11) is 3.34. The van der Waals surface area contributed by atoms with Crippen LogP contribution in [0.4, 0.5) is 0 Å². The molecule has 0 spiro atoms. The van der Waals surface area contributed by atoms with Crippen LogP contribution >= 0.6 is 0 Å². The van der Waals surface area contributed by atoms with Gasteiger partial charge in [0.1, 0.15) is 0 Å². The van der Waals surface area contributed by atoms with E-state index < -0.39 is 40.3 Å². The Bertz CT molecular complexity index is 1260. The van der Waals surface area contributed by atoms with E-state index in [0.717, 1.165) is 9.13 Å². The molecule has 13 heteroatoms. The number of hydrogen-bond acceptors (Lipinski definition) is 9. The monoisotopic (exact) mass is 509 g/mol. The molecule has 0 aliphatic carbocycles. The highest BCUT2D eigenvalue weighted by atomic mass is 28.4. The minimum absolute atomic E-state index is 0.129. The first kappa shape index (κ1) is 26.3. The van der Waals surface area contributed by atoms with E-state index in [9.17, 15) is 19.2 Å². The first-order valence-electron chi connectivity index (χ1n) is 10.8. The Hall–Kier alpha value is -2.27. The summed E-state index contributed by atoms with van der Waals surface area (Å²) < 4.78 is 28.8. The van der Waals surface area contributed by atoms with Gasteiger partial charge in [0.25, 0.3) is 22.2 Å². The SMILES string of the molecule is CO[Si](CCCn1c(=O)c2cc3c(=O)n(CCC[Si](OC)(OC)OC)c(=O)c3cc2c1=O)OC. The summed E-state index contributed by atoms with van der Waals surface area (Å²) in [5.41, 5.74) is -1.93. The van der Waals surface area contributed by atoms with Crippen molar-refractivity contribution in [2.75, 3.05) is 35.5 Å². The lowest BCUT2D eigenvalue weighted by atomic mass is 10.1. The summed E-state index contributed by atoms with van der Waals surface area (Å²) in [5.74, 6) is 0. The molecule has 0 atom stereocenters. The van der Waals surface area contributed by atoms with Gasteiger partial charge >= 0.3 is 18.1 Å². The first-order chi connectivity index (χ1) is 16.3. The van der Waals surface area contributed by atoms with Crippen molar-refractivity contribution in [2.45, 2.75) is 38.0 Å². The second kappa shape index (κ2) is 11.0. The fourth-order valence-corrected chi connectivity index (χ4v) is 6.88. The van der Waals surface area contributed by atoms with Gasteiger partial charge < -0.3 is 22.1 Å². The second-order valence-electron chi connectivity index (χ2n) is 7.75. The van der Waals surface area contributed by atoms with Gasteiger partial charge in [0.05, 0.1) is 21.5 Å². The van der Waals surface area contributed by atoms with Crippen LogP contribution in [0.2, 0.25) is 12.1 Å². The molecule has 3 rings (SSSR count). The van der Waals surface area contributed by atoms with E-state index in [4.69, 9.17) is 22.1 Å². The van der Waals surface area contributed by atoms with Crippen molar-refractivity contribution in [3.63, 3.8) is 0 Å². The fourth-order valence-electron chi connectivity index (χ4n) is 4.16. The molecular formula is C21H29N2O9Si2. The van der Waals surface area contributed by atoms with Crippen LogP contribution in [0.25, 0.3) is 21.5 Å². The molecule has 0 N–H and O–H groups in total. The Kier molecular flexibility index (Phi) is 8.51. The molecule has 2 heterocycles. The number of aromatic nitrogens is 2. The van der Waals surface area contributed by atoms with Crippen molar-refractivity contribution in [3.8, 4) is 0 Å². The number of benzene rings is 1. The lowest BCUT2D eigenvalue weighted by Gasteiger charge is -2.24. The van der Waals surface area contributed by atoms with E-state index >= 15 is 0 Å². The lowest BCUT2D eigenvalue weighted by Crippen LogP contribution is -2.43. The van der Waals surface area contributed by atoms with Crippen LogP contribution < -0.4 is 22.2 Å². The predicted molar refractivity (Wildman–Crippen MR) is 130 cm³/mol. The van der Waals surface area contributed by atoms with E-state index in [1.54, 1.807) is 14.2 Å². The van der Waals surface area contributed by atoms with Gasteiger partial charge in [0.15, 0.2) is 0 Å². The number of rotatable bonds is 13. The van der Waals surface area contributed by atoms with Gasteiger partial charge in [-0.2, -0.15) is 0 Å². The van der Waals surface area contributed by atoms with Gasteiger partial charge in [0.2, 0.25) is 0 Å². The summed E-state index contributed by atoms with van der Waals surface area (Å²) >= 11 is 0. The molecule has 2 aromatic heterocycles. The molecule has 1 aromatic carbocycles. The van der Waals surface area contributed by atoms with Gasteiger partial charge in [-0.25, -0.2) is 0 Å². The predicted octanol–water partition coefficient (Wildman–Crippen LogP) is 0.352. The lowest BCUT2D eigenvalue weighted by molar-refractivity contribution is 0.122. The summed E-state index contributed by atoms with van der Waals surface area (Å²) in [4.78, 5) is 51.6. The van der Waals surface area contributed by atoms with Crippen molar-refractivity contribution in [1.29, 1.82) is 0 Å². The molecule has 1 radical (unpaired) electrons. The zero-order chi connectivity index (χ0) is 25.0. The minimum atomic E-state index is -2.84. The second-order valence-corrected chi connectivity index (χ2v) is 12.9. The van der Waals surface area contributed by atoms with E-state index in [-0.39, 0.29) is 34.6 Å². The van der Waals surface area contributed by atoms with Crippen LogP contribution in [0.1, 0.15) is 12.8 Å². The van der Waals surface area contributed by atoms with Crippen LogP contribution in [-0.2, 0) is 35.2 Å². The van der Waals surface area contributed by atoms with Gasteiger partial charge in [-0.1, -0.05) is 0 Å². The fraction of sp³-hybridized carbons (Fsp3) is 0.524. The highest BCUT2D eigenvalue weighted by molar-refractivity contribution is 6.60. The molecule has 0 saturated heterocycles. The van der Waals surface area contributed by atoms with E-state index in [2.05, 4.69) is 0 Å². The molecule has 0 unspecified atom stereocenters. The van der Waals surface area contributed by atoms with Crippen LogP contribution in [0.15, 0.2) is 31.3 Å². The zero-order valence-corrected chi connectivity index (χ0v) is 22.0. The van der Waals surface area contributed by atoms with Crippen LogP contribution in [0, 0.1) is 0 Å². The Morgan fingerprint density at radius 3 is 1.41 bits per heavy atom. The maximum Gasteiger partial charge on any atom is 0.500 e. The Morgan fingerprint density at radius 1 is 0.676 bits per heavy atom. The quantitative estimate of drug-likeness (QED) is 0.300. The molecule has 34 heavy (non-hydrogen) atoms. The van der Waals surface area contributed by atoms with Gasteiger partial charge in [-0.15, -0.1) is 0 Å². The molecule has 185 valence electrons.